The van der Waals surface area contributed by atoms with E-state index >= 15 is 0 Å². The fourth-order valence-electron chi connectivity index (χ4n) is 3.13. The van der Waals surface area contributed by atoms with E-state index < -0.39 is 0 Å². The summed E-state index contributed by atoms with van der Waals surface area (Å²) in [6.07, 6.45) is 0. The van der Waals surface area contributed by atoms with Crippen molar-refractivity contribution in [3.05, 3.63) is 27.7 Å². The minimum Gasteiger partial charge on any atom is -0.494 e. The Balaban J connectivity index is 2.01. The molecule has 1 amide bonds. The molecule has 1 heterocycles. The SMILES string of the molecule is COc1c(Cl)cc(C(=O)NCC(C(C)C)N2CCN(C)CC2)cc1Cl. The van der Waals surface area contributed by atoms with E-state index in [1.807, 2.05) is 0 Å². The highest BCUT2D eigenvalue weighted by atomic mass is 35.5. The van der Waals surface area contributed by atoms with Gasteiger partial charge in [0.15, 0.2) is 5.75 Å². The number of hydrogen-bond acceptors (Lipinski definition) is 4. The fraction of sp³-hybridized carbons (Fsp3) is 0.611. The summed E-state index contributed by atoms with van der Waals surface area (Å²) in [5.41, 5.74) is 0.441. The van der Waals surface area contributed by atoms with E-state index in [1.54, 1.807) is 12.1 Å². The number of rotatable bonds is 6. The Morgan fingerprint density at radius 3 is 2.24 bits per heavy atom. The maximum absolute atomic E-state index is 12.5. The molecule has 25 heavy (non-hydrogen) atoms. The number of nitrogens with one attached hydrogen (secondary N) is 1. The van der Waals surface area contributed by atoms with Crippen LogP contribution in [0.25, 0.3) is 0 Å². The molecule has 1 aliphatic rings. The lowest BCUT2D eigenvalue weighted by Crippen LogP contribution is -2.54. The molecule has 0 bridgehead atoms. The van der Waals surface area contributed by atoms with Crippen LogP contribution in [0.5, 0.6) is 5.75 Å². The molecule has 0 spiro atoms. The summed E-state index contributed by atoms with van der Waals surface area (Å²) in [4.78, 5) is 17.3. The maximum atomic E-state index is 12.5. The number of hydrogen-bond donors (Lipinski definition) is 1. The number of carbonyl (C=O) groups is 1. The van der Waals surface area contributed by atoms with E-state index in [2.05, 4.69) is 36.0 Å². The van der Waals surface area contributed by atoms with Gasteiger partial charge in [-0.3, -0.25) is 9.69 Å². The summed E-state index contributed by atoms with van der Waals surface area (Å²) in [5.74, 6) is 0.662. The molecule has 1 unspecified atom stereocenters. The van der Waals surface area contributed by atoms with Gasteiger partial charge in [-0.1, -0.05) is 37.0 Å². The molecular formula is C18H27Cl2N3O2. The largest absolute Gasteiger partial charge is 0.494 e. The first-order valence-corrected chi connectivity index (χ1v) is 9.33. The molecular weight excluding hydrogens is 361 g/mol. The monoisotopic (exact) mass is 387 g/mol. The normalized spacial score (nSPS) is 17.6. The third-order valence-corrected chi connectivity index (χ3v) is 5.27. The van der Waals surface area contributed by atoms with Crippen molar-refractivity contribution in [2.24, 2.45) is 5.92 Å². The van der Waals surface area contributed by atoms with Crippen molar-refractivity contribution in [2.75, 3.05) is 46.9 Å². The van der Waals surface area contributed by atoms with Crippen LogP contribution in [0.2, 0.25) is 10.0 Å². The molecule has 5 nitrogen and oxygen atoms in total. The lowest BCUT2D eigenvalue weighted by molar-refractivity contribution is 0.0791. The van der Waals surface area contributed by atoms with E-state index in [0.29, 0.717) is 39.9 Å². The Morgan fingerprint density at radius 1 is 1.20 bits per heavy atom. The number of carbonyl (C=O) groups excluding carboxylic acids is 1. The van der Waals surface area contributed by atoms with Crippen molar-refractivity contribution in [3.63, 3.8) is 0 Å². The van der Waals surface area contributed by atoms with Gasteiger partial charge in [0.25, 0.3) is 5.91 Å². The quantitative estimate of drug-likeness (QED) is 0.814. The number of ether oxygens (including phenoxy) is 1. The summed E-state index contributed by atoms with van der Waals surface area (Å²) >= 11 is 12.3. The smallest absolute Gasteiger partial charge is 0.251 e. The molecule has 0 saturated carbocycles. The number of piperazine rings is 1. The zero-order valence-electron chi connectivity index (χ0n) is 15.3. The lowest BCUT2D eigenvalue weighted by atomic mass is 10.0. The van der Waals surface area contributed by atoms with Crippen molar-refractivity contribution in [1.82, 2.24) is 15.1 Å². The van der Waals surface area contributed by atoms with E-state index in [1.165, 1.54) is 7.11 Å². The Hall–Kier alpha value is -1.01. The van der Waals surface area contributed by atoms with Crippen LogP contribution in [0, 0.1) is 5.92 Å². The van der Waals surface area contributed by atoms with Crippen molar-refractivity contribution in [2.45, 2.75) is 19.9 Å². The first-order valence-electron chi connectivity index (χ1n) is 8.57. The molecule has 1 fully saturated rings. The van der Waals surface area contributed by atoms with Crippen LogP contribution >= 0.6 is 23.2 Å². The molecule has 7 heteroatoms. The highest BCUT2D eigenvalue weighted by molar-refractivity contribution is 6.37. The second-order valence-electron chi connectivity index (χ2n) is 6.83. The summed E-state index contributed by atoms with van der Waals surface area (Å²) in [6, 6.07) is 3.48. The first-order chi connectivity index (χ1) is 11.8. The Morgan fingerprint density at radius 2 is 1.76 bits per heavy atom. The molecule has 1 N–H and O–H groups in total. The molecule has 140 valence electrons. The molecule has 2 rings (SSSR count). The van der Waals surface area contributed by atoms with Crippen molar-refractivity contribution in [3.8, 4) is 5.75 Å². The summed E-state index contributed by atoms with van der Waals surface area (Å²) < 4.78 is 5.12. The van der Waals surface area contributed by atoms with E-state index in [4.69, 9.17) is 27.9 Å². The Bertz CT molecular complexity index is 579. The van der Waals surface area contributed by atoms with Gasteiger partial charge in [0.2, 0.25) is 0 Å². The van der Waals surface area contributed by atoms with Gasteiger partial charge in [0, 0.05) is 44.3 Å². The fourth-order valence-corrected chi connectivity index (χ4v) is 3.77. The molecule has 1 atom stereocenters. The van der Waals surface area contributed by atoms with E-state index in [0.717, 1.165) is 26.2 Å². The van der Waals surface area contributed by atoms with Gasteiger partial charge in [-0.2, -0.15) is 0 Å². The number of halogens is 2. The van der Waals surface area contributed by atoms with Crippen LogP contribution in [0.15, 0.2) is 12.1 Å². The second-order valence-corrected chi connectivity index (χ2v) is 7.65. The van der Waals surface area contributed by atoms with Gasteiger partial charge in [-0.05, 0) is 25.1 Å². The van der Waals surface area contributed by atoms with Crippen LogP contribution in [0.3, 0.4) is 0 Å². The molecule has 0 aromatic heterocycles. The summed E-state index contributed by atoms with van der Waals surface area (Å²) in [5, 5.41) is 3.69. The highest BCUT2D eigenvalue weighted by Gasteiger charge is 2.25. The second kappa shape index (κ2) is 9.08. The van der Waals surface area contributed by atoms with Crippen molar-refractivity contribution >= 4 is 29.1 Å². The average molecular weight is 388 g/mol. The Kier molecular flexibility index (Phi) is 7.37. The third kappa shape index (κ3) is 5.23. The topological polar surface area (TPSA) is 44.8 Å². The predicted octanol–water partition coefficient (Wildman–Crippen LogP) is 3.00. The number of methoxy groups -OCH3 is 1. The number of likely N-dealkylation sites (N-methyl/N-ethyl adjacent to an activating group) is 1. The predicted molar refractivity (Wildman–Crippen MR) is 103 cm³/mol. The van der Waals surface area contributed by atoms with Gasteiger partial charge in [0.05, 0.1) is 17.2 Å². The minimum atomic E-state index is -0.175. The Labute approximate surface area is 160 Å². The van der Waals surface area contributed by atoms with Crippen molar-refractivity contribution in [1.29, 1.82) is 0 Å². The molecule has 1 aromatic rings. The van der Waals surface area contributed by atoms with Crippen molar-refractivity contribution < 1.29 is 9.53 Å². The zero-order valence-corrected chi connectivity index (χ0v) is 16.8. The standard InChI is InChI=1S/C18H27Cl2N3O2/c1-12(2)16(23-7-5-22(3)6-8-23)11-21-18(24)13-9-14(19)17(25-4)15(20)10-13/h9-10,12,16H,5-8,11H2,1-4H3,(H,21,24). The van der Waals surface area contributed by atoms with Crippen LogP contribution < -0.4 is 10.1 Å². The zero-order chi connectivity index (χ0) is 18.6. The number of benzene rings is 1. The lowest BCUT2D eigenvalue weighted by Gasteiger charge is -2.39. The van der Waals surface area contributed by atoms with Crippen LogP contribution in [0.1, 0.15) is 24.2 Å². The minimum absolute atomic E-state index is 0.175. The molecule has 1 aliphatic heterocycles. The number of nitrogens with zero attached hydrogens (tertiary/aromatic N) is 2. The molecule has 0 aliphatic carbocycles. The van der Waals surface area contributed by atoms with Gasteiger partial charge >= 0.3 is 0 Å². The van der Waals surface area contributed by atoms with Crippen LogP contribution in [0.4, 0.5) is 0 Å². The van der Waals surface area contributed by atoms with Gasteiger partial charge in [-0.15, -0.1) is 0 Å². The van der Waals surface area contributed by atoms with E-state index in [-0.39, 0.29) is 5.91 Å². The van der Waals surface area contributed by atoms with E-state index in [9.17, 15) is 4.79 Å². The van der Waals surface area contributed by atoms with Crippen LogP contribution in [-0.4, -0.2) is 68.6 Å². The number of amides is 1. The van der Waals surface area contributed by atoms with Gasteiger partial charge < -0.3 is 15.0 Å². The molecule has 0 radical (unpaired) electrons. The molecule has 1 saturated heterocycles. The summed E-state index contributed by atoms with van der Waals surface area (Å²) in [6.45, 7) is 9.14. The molecule has 1 aromatic carbocycles. The summed E-state index contributed by atoms with van der Waals surface area (Å²) in [7, 11) is 3.64. The maximum Gasteiger partial charge on any atom is 0.251 e. The first kappa shape index (κ1) is 20.3. The van der Waals surface area contributed by atoms with Gasteiger partial charge in [0.1, 0.15) is 0 Å². The average Bonchev–Trinajstić information content (AvgIpc) is 2.55. The van der Waals surface area contributed by atoms with Gasteiger partial charge in [-0.25, -0.2) is 0 Å². The van der Waals surface area contributed by atoms with Crippen LogP contribution in [-0.2, 0) is 0 Å². The third-order valence-electron chi connectivity index (χ3n) is 4.71. The highest BCUT2D eigenvalue weighted by Crippen LogP contribution is 2.33.